The van der Waals surface area contributed by atoms with Crippen molar-refractivity contribution in [2.24, 2.45) is 11.7 Å². The van der Waals surface area contributed by atoms with Crippen molar-refractivity contribution in [3.8, 4) is 0 Å². The Balaban J connectivity index is 2.32. The second-order valence-corrected chi connectivity index (χ2v) is 5.59. The zero-order chi connectivity index (χ0) is 11.8. The van der Waals surface area contributed by atoms with Crippen molar-refractivity contribution < 1.29 is 0 Å². The zero-order valence-corrected chi connectivity index (χ0v) is 10.7. The lowest BCUT2D eigenvalue weighted by molar-refractivity contribution is 0.247. The van der Waals surface area contributed by atoms with Crippen molar-refractivity contribution in [3.63, 3.8) is 0 Å². The Labute approximate surface area is 99.0 Å². The van der Waals surface area contributed by atoms with E-state index in [4.69, 9.17) is 5.73 Å². The maximum absolute atomic E-state index is 6.61. The van der Waals surface area contributed by atoms with Crippen LogP contribution in [0.25, 0.3) is 0 Å². The molecule has 0 radical (unpaired) electrons. The highest BCUT2D eigenvalue weighted by atomic mass is 14.7. The van der Waals surface area contributed by atoms with Gasteiger partial charge in [0.2, 0.25) is 0 Å². The van der Waals surface area contributed by atoms with Gasteiger partial charge in [-0.3, -0.25) is 0 Å². The van der Waals surface area contributed by atoms with Gasteiger partial charge in [0, 0.05) is 5.54 Å². The molecule has 0 spiro atoms. The van der Waals surface area contributed by atoms with Crippen molar-refractivity contribution in [1.82, 2.24) is 0 Å². The molecule has 0 amide bonds. The minimum Gasteiger partial charge on any atom is -0.321 e. The third-order valence-corrected chi connectivity index (χ3v) is 4.31. The van der Waals surface area contributed by atoms with Crippen molar-refractivity contribution in [2.75, 3.05) is 0 Å². The Hall–Kier alpha value is -0.820. The molecule has 1 nitrogen and oxygen atoms in total. The van der Waals surface area contributed by atoms with Gasteiger partial charge in [-0.2, -0.15) is 0 Å². The van der Waals surface area contributed by atoms with Crippen LogP contribution in [0.2, 0.25) is 0 Å². The molecule has 0 saturated heterocycles. The number of hydrogen-bond acceptors (Lipinski definition) is 1. The monoisotopic (exact) mass is 217 g/mol. The van der Waals surface area contributed by atoms with Gasteiger partial charge in [-0.1, -0.05) is 25.1 Å². The van der Waals surface area contributed by atoms with Crippen LogP contribution in [-0.2, 0) is 5.54 Å². The summed E-state index contributed by atoms with van der Waals surface area (Å²) < 4.78 is 0. The minimum atomic E-state index is -0.0669. The van der Waals surface area contributed by atoms with Crippen LogP contribution in [0.15, 0.2) is 18.2 Å². The summed E-state index contributed by atoms with van der Waals surface area (Å²) in [6, 6.07) is 6.54. The van der Waals surface area contributed by atoms with E-state index in [9.17, 15) is 0 Å². The van der Waals surface area contributed by atoms with Crippen LogP contribution in [0.1, 0.15) is 49.3 Å². The van der Waals surface area contributed by atoms with Crippen molar-refractivity contribution in [3.05, 3.63) is 34.9 Å². The second kappa shape index (κ2) is 4.21. The summed E-state index contributed by atoms with van der Waals surface area (Å²) in [7, 11) is 0. The van der Waals surface area contributed by atoms with Crippen LogP contribution in [0.4, 0.5) is 0 Å². The fraction of sp³-hybridized carbons (Fsp3) is 0.600. The predicted octanol–water partition coefficient (Wildman–Crippen LogP) is 3.67. The van der Waals surface area contributed by atoms with Crippen molar-refractivity contribution in [1.29, 1.82) is 0 Å². The number of benzene rings is 1. The first-order chi connectivity index (χ1) is 7.53. The average molecular weight is 217 g/mol. The molecule has 1 aromatic carbocycles. The molecule has 88 valence electrons. The summed E-state index contributed by atoms with van der Waals surface area (Å²) in [6.45, 7) is 6.72. The summed E-state index contributed by atoms with van der Waals surface area (Å²) in [5.41, 5.74) is 10.7. The predicted molar refractivity (Wildman–Crippen MR) is 69.4 cm³/mol. The van der Waals surface area contributed by atoms with Crippen LogP contribution in [-0.4, -0.2) is 0 Å². The molecule has 0 bridgehead atoms. The molecule has 1 fully saturated rings. The first-order valence-electron chi connectivity index (χ1n) is 6.38. The molecule has 0 atom stereocenters. The van der Waals surface area contributed by atoms with Crippen LogP contribution in [0.5, 0.6) is 0 Å². The Morgan fingerprint density at radius 3 is 2.44 bits per heavy atom. The molecule has 0 aliphatic heterocycles. The van der Waals surface area contributed by atoms with Crippen LogP contribution >= 0.6 is 0 Å². The van der Waals surface area contributed by atoms with E-state index in [0.29, 0.717) is 0 Å². The molecule has 0 heterocycles. The maximum atomic E-state index is 6.61. The van der Waals surface area contributed by atoms with E-state index in [-0.39, 0.29) is 5.54 Å². The average Bonchev–Trinajstić information content (AvgIpc) is 2.27. The summed E-state index contributed by atoms with van der Waals surface area (Å²) in [4.78, 5) is 0. The van der Waals surface area contributed by atoms with Gasteiger partial charge in [-0.25, -0.2) is 0 Å². The Kier molecular flexibility index (Phi) is 3.07. The van der Waals surface area contributed by atoms with E-state index < -0.39 is 0 Å². The smallest absolute Gasteiger partial charge is 0.0412 e. The first kappa shape index (κ1) is 11.7. The lowest BCUT2D eigenvalue weighted by Gasteiger charge is -2.38. The summed E-state index contributed by atoms with van der Waals surface area (Å²) in [6.07, 6.45) is 4.81. The van der Waals surface area contributed by atoms with Gasteiger partial charge >= 0.3 is 0 Å². The van der Waals surface area contributed by atoms with E-state index >= 15 is 0 Å². The highest BCUT2D eigenvalue weighted by molar-refractivity contribution is 5.38. The third-order valence-electron chi connectivity index (χ3n) is 4.31. The van der Waals surface area contributed by atoms with Crippen LogP contribution in [0.3, 0.4) is 0 Å². The van der Waals surface area contributed by atoms with E-state index in [2.05, 4.69) is 39.0 Å². The SMILES string of the molecule is Cc1cccc(C2(N)CCC(C)CC2)c1C. The zero-order valence-electron chi connectivity index (χ0n) is 10.7. The van der Waals surface area contributed by atoms with Gasteiger partial charge in [0.15, 0.2) is 0 Å². The molecule has 2 rings (SSSR count). The minimum absolute atomic E-state index is 0.0669. The molecular formula is C15H23N. The van der Waals surface area contributed by atoms with E-state index in [1.807, 2.05) is 0 Å². The Bertz CT molecular complexity index is 373. The molecule has 16 heavy (non-hydrogen) atoms. The maximum Gasteiger partial charge on any atom is 0.0412 e. The van der Waals surface area contributed by atoms with Gasteiger partial charge in [0.25, 0.3) is 0 Å². The fourth-order valence-corrected chi connectivity index (χ4v) is 2.84. The molecular weight excluding hydrogens is 194 g/mol. The second-order valence-electron chi connectivity index (χ2n) is 5.59. The number of nitrogens with two attached hydrogens (primary N) is 1. The molecule has 1 aromatic rings. The van der Waals surface area contributed by atoms with Gasteiger partial charge in [-0.05, 0) is 62.1 Å². The fourth-order valence-electron chi connectivity index (χ4n) is 2.84. The number of hydrogen-bond donors (Lipinski definition) is 1. The molecule has 0 aromatic heterocycles. The third kappa shape index (κ3) is 2.01. The van der Waals surface area contributed by atoms with Gasteiger partial charge in [0.05, 0.1) is 0 Å². The lowest BCUT2D eigenvalue weighted by Crippen LogP contribution is -2.40. The topological polar surface area (TPSA) is 26.0 Å². The molecule has 1 aliphatic carbocycles. The Morgan fingerprint density at radius 1 is 1.19 bits per heavy atom. The van der Waals surface area contributed by atoms with Crippen molar-refractivity contribution >= 4 is 0 Å². The van der Waals surface area contributed by atoms with E-state index in [0.717, 1.165) is 18.8 Å². The highest BCUT2D eigenvalue weighted by Crippen LogP contribution is 2.38. The number of rotatable bonds is 1. The highest BCUT2D eigenvalue weighted by Gasteiger charge is 2.32. The molecule has 0 unspecified atom stereocenters. The quantitative estimate of drug-likeness (QED) is 0.763. The summed E-state index contributed by atoms with van der Waals surface area (Å²) >= 11 is 0. The van der Waals surface area contributed by atoms with Gasteiger partial charge in [-0.15, -0.1) is 0 Å². The van der Waals surface area contributed by atoms with Gasteiger partial charge in [0.1, 0.15) is 0 Å². The standard InChI is InChI=1S/C15H23N/c1-11-7-9-15(16,10-8-11)14-6-4-5-12(2)13(14)3/h4-6,11H,7-10,16H2,1-3H3. The van der Waals surface area contributed by atoms with Gasteiger partial charge < -0.3 is 5.73 Å². The number of aryl methyl sites for hydroxylation is 1. The largest absolute Gasteiger partial charge is 0.321 e. The molecule has 2 N–H and O–H groups in total. The molecule has 1 saturated carbocycles. The van der Waals surface area contributed by atoms with Crippen LogP contribution in [0, 0.1) is 19.8 Å². The molecule has 1 aliphatic rings. The molecule has 1 heteroatoms. The lowest BCUT2D eigenvalue weighted by atomic mass is 9.72. The van der Waals surface area contributed by atoms with Crippen LogP contribution < -0.4 is 5.73 Å². The first-order valence-corrected chi connectivity index (χ1v) is 6.38. The van der Waals surface area contributed by atoms with Crippen molar-refractivity contribution in [2.45, 2.75) is 52.0 Å². The Morgan fingerprint density at radius 2 is 1.81 bits per heavy atom. The summed E-state index contributed by atoms with van der Waals surface area (Å²) in [5.74, 6) is 0.849. The van der Waals surface area contributed by atoms with E-state index in [1.54, 1.807) is 0 Å². The normalized spacial score (nSPS) is 30.4. The summed E-state index contributed by atoms with van der Waals surface area (Å²) in [5, 5.41) is 0. The van der Waals surface area contributed by atoms with E-state index in [1.165, 1.54) is 29.5 Å².